The molecule has 12 heteroatoms. The van der Waals surface area contributed by atoms with E-state index in [9.17, 15) is 14.4 Å². The number of ether oxygens (including phenoxy) is 2. The lowest BCUT2D eigenvalue weighted by atomic mass is 9.82. The number of nitrogens with one attached hydrogen (secondary N) is 1. The number of aliphatic carboxylic acids is 1. The molecule has 2 aromatic heterocycles. The molecule has 0 aliphatic heterocycles. The van der Waals surface area contributed by atoms with Gasteiger partial charge in [0.2, 0.25) is 5.78 Å². The van der Waals surface area contributed by atoms with Crippen molar-refractivity contribution in [3.8, 4) is 11.5 Å². The topological polar surface area (TPSA) is 131 Å². The first-order chi connectivity index (χ1) is 29.6. The minimum absolute atomic E-state index is 0.0170. The Morgan fingerprint density at radius 2 is 1.33 bits per heavy atom. The van der Waals surface area contributed by atoms with Crippen LogP contribution >= 0.6 is 23.5 Å². The molecule has 0 radical (unpaired) electrons. The number of hydrogen-bond donors (Lipinski definition) is 2. The van der Waals surface area contributed by atoms with E-state index >= 15 is 0 Å². The van der Waals surface area contributed by atoms with Crippen LogP contribution in [-0.4, -0.2) is 78.5 Å². The number of carboxylic acids is 1. The van der Waals surface area contributed by atoms with Crippen LogP contribution in [0.1, 0.15) is 114 Å². The monoisotopic (exact) mass is 870 g/mol. The second-order valence-corrected chi connectivity index (χ2v) is 18.3. The average Bonchev–Trinajstić information content (AvgIpc) is 3.80. The van der Waals surface area contributed by atoms with Gasteiger partial charge < -0.3 is 33.6 Å². The van der Waals surface area contributed by atoms with Crippen LogP contribution in [0.3, 0.4) is 0 Å². The van der Waals surface area contributed by atoms with E-state index in [4.69, 9.17) is 23.4 Å². The van der Waals surface area contributed by atoms with E-state index in [1.54, 1.807) is 42.7 Å². The van der Waals surface area contributed by atoms with E-state index in [0.717, 1.165) is 106 Å². The van der Waals surface area contributed by atoms with Gasteiger partial charge in [-0.05, 0) is 119 Å². The molecule has 3 aromatic carbocycles. The number of thioether (sulfide) groups is 2. The molecule has 2 heterocycles. The maximum atomic E-state index is 12.8. The van der Waals surface area contributed by atoms with Gasteiger partial charge in [-0.2, -0.15) is 23.5 Å². The Hall–Kier alpha value is -4.55. The third kappa shape index (κ3) is 12.1. The van der Waals surface area contributed by atoms with E-state index in [2.05, 4.69) is 30.8 Å². The van der Waals surface area contributed by atoms with Crippen LogP contribution in [0.4, 0.5) is 5.69 Å². The van der Waals surface area contributed by atoms with Gasteiger partial charge in [0.05, 0.1) is 25.7 Å². The fourth-order valence-electron chi connectivity index (χ4n) is 8.50. The Bertz CT molecular complexity index is 2220. The zero-order valence-corrected chi connectivity index (χ0v) is 38.0. The van der Waals surface area contributed by atoms with E-state index < -0.39 is 5.97 Å². The Balaban J connectivity index is 0.000000230. The number of carbonyl (C=O) groups excluding carboxylic acids is 2. The number of anilines is 1. The molecule has 2 saturated carbocycles. The van der Waals surface area contributed by atoms with Crippen molar-refractivity contribution in [3.63, 3.8) is 0 Å². The van der Waals surface area contributed by atoms with Crippen molar-refractivity contribution in [3.05, 3.63) is 88.9 Å². The van der Waals surface area contributed by atoms with Crippen molar-refractivity contribution in [1.82, 2.24) is 4.90 Å². The normalized spacial score (nSPS) is 15.2. The molecular weight excluding hydrogens is 809 g/mol. The van der Waals surface area contributed by atoms with Crippen molar-refractivity contribution >= 4 is 68.8 Å². The largest absolute Gasteiger partial charge is 0.493 e. The number of carboxylic acid groups (broad SMARTS) is 1. The molecule has 10 nitrogen and oxygen atoms in total. The van der Waals surface area contributed by atoms with Gasteiger partial charge in [0.25, 0.3) is 5.91 Å². The van der Waals surface area contributed by atoms with Gasteiger partial charge in [-0.3, -0.25) is 14.4 Å². The molecule has 5 aromatic rings. The predicted molar refractivity (Wildman–Crippen MR) is 249 cm³/mol. The van der Waals surface area contributed by atoms with Crippen LogP contribution in [-0.2, 0) is 4.79 Å². The summed E-state index contributed by atoms with van der Waals surface area (Å²) < 4.78 is 24.0. The second kappa shape index (κ2) is 22.5. The van der Waals surface area contributed by atoms with Gasteiger partial charge in [-0.15, -0.1) is 0 Å². The zero-order valence-electron chi connectivity index (χ0n) is 36.4. The molecular formula is C49H62N2O8S2. The first-order valence-corrected chi connectivity index (χ1v) is 24.5. The molecule has 2 fully saturated rings. The summed E-state index contributed by atoms with van der Waals surface area (Å²) in [5.74, 6) is 4.79. The first kappa shape index (κ1) is 46.0. The Morgan fingerprint density at radius 3 is 1.90 bits per heavy atom. The van der Waals surface area contributed by atoms with Gasteiger partial charge >= 0.3 is 5.97 Å². The molecule has 328 valence electrons. The van der Waals surface area contributed by atoms with Crippen LogP contribution < -0.4 is 14.8 Å². The van der Waals surface area contributed by atoms with Gasteiger partial charge in [-0.1, -0.05) is 38.5 Å². The number of Topliss-reactive ketones (excluding diaryl/α,β-unsaturated/α-hetero) is 1. The number of rotatable bonds is 18. The highest BCUT2D eigenvalue weighted by Gasteiger charge is 2.31. The fourth-order valence-corrected chi connectivity index (χ4v) is 9.00. The van der Waals surface area contributed by atoms with Gasteiger partial charge in [0, 0.05) is 64.2 Å². The molecule has 7 rings (SSSR count). The third-order valence-electron chi connectivity index (χ3n) is 12.0. The molecule has 1 unspecified atom stereocenters. The fraction of sp³-hybridized carbons (Fsp3) is 0.490. The number of ketones is 1. The number of nitrogens with zero attached hydrogens (tertiary/aromatic N) is 1. The van der Waals surface area contributed by atoms with Crippen molar-refractivity contribution in [1.29, 1.82) is 0 Å². The second-order valence-electron chi connectivity index (χ2n) is 16.3. The minimum Gasteiger partial charge on any atom is -0.493 e. The Morgan fingerprint density at radius 1 is 0.770 bits per heavy atom. The lowest BCUT2D eigenvalue weighted by molar-refractivity contribution is -0.137. The summed E-state index contributed by atoms with van der Waals surface area (Å²) in [7, 11) is 1.63. The predicted octanol–water partition coefficient (Wildman–Crippen LogP) is 12.0. The number of fused-ring (bicyclic) bond motifs is 2. The molecule has 61 heavy (non-hydrogen) atoms. The highest BCUT2D eigenvalue weighted by molar-refractivity contribution is 7.98. The van der Waals surface area contributed by atoms with E-state index in [1.807, 2.05) is 49.4 Å². The van der Waals surface area contributed by atoms with Crippen molar-refractivity contribution in [2.24, 2.45) is 11.8 Å². The van der Waals surface area contributed by atoms with Crippen molar-refractivity contribution < 1.29 is 37.8 Å². The molecule has 1 atom stereocenters. The summed E-state index contributed by atoms with van der Waals surface area (Å²) in [6.45, 7) is 5.65. The number of furan rings is 2. The molecule has 2 N–H and O–H groups in total. The summed E-state index contributed by atoms with van der Waals surface area (Å²) in [4.78, 5) is 37.7. The van der Waals surface area contributed by atoms with Crippen LogP contribution in [0.25, 0.3) is 21.9 Å². The zero-order chi connectivity index (χ0) is 43.3. The molecule has 0 spiro atoms. The molecule has 0 saturated heterocycles. The number of carbonyl (C=O) groups is 3. The number of benzene rings is 3. The Labute approximate surface area is 368 Å². The Kier molecular flexibility index (Phi) is 17.0. The first-order valence-electron chi connectivity index (χ1n) is 21.8. The molecule has 1 amide bonds. The van der Waals surface area contributed by atoms with Gasteiger partial charge in [0.1, 0.15) is 28.4 Å². The lowest BCUT2D eigenvalue weighted by Gasteiger charge is -2.31. The summed E-state index contributed by atoms with van der Waals surface area (Å²) in [6.07, 6.45) is 15.6. The number of hydrogen-bond acceptors (Lipinski definition) is 10. The molecule has 2 aliphatic rings. The quantitative estimate of drug-likeness (QED) is 0.0644. The van der Waals surface area contributed by atoms with Gasteiger partial charge in [-0.25, -0.2) is 0 Å². The van der Waals surface area contributed by atoms with Crippen molar-refractivity contribution in [2.75, 3.05) is 56.1 Å². The standard InChI is InChI=1S/C30H38N2O5S.C19H24O3S/c1-20-25-19-24(36-17-18-38-3)13-14-26(25)37-29(20)28(21-7-5-4-6-8-21)31-23-11-9-22(10-12-23)30(35)32(2)16-15-27(33)34;1-13-16-12-15(21-10-11-23-2)8-9-17(16)22-19(13)18(20)14-6-4-3-5-7-14/h9-14,19,21,28,31H,4-8,15-18H2,1-3H3,(H,33,34);8-9,12,14H,3-7,10-11H2,1-2H3. The number of aryl methyl sites for hydroxylation is 2. The summed E-state index contributed by atoms with van der Waals surface area (Å²) in [5, 5.41) is 14.7. The maximum absolute atomic E-state index is 12.8. The third-order valence-corrected chi connectivity index (χ3v) is 13.2. The molecule has 0 bridgehead atoms. The van der Waals surface area contributed by atoms with Crippen LogP contribution in [0, 0.1) is 25.7 Å². The van der Waals surface area contributed by atoms with Crippen LogP contribution in [0.2, 0.25) is 0 Å². The van der Waals surface area contributed by atoms with Crippen LogP contribution in [0.15, 0.2) is 69.5 Å². The lowest BCUT2D eigenvalue weighted by Crippen LogP contribution is -2.29. The summed E-state index contributed by atoms with van der Waals surface area (Å²) in [6, 6.07) is 19.3. The number of amides is 1. The van der Waals surface area contributed by atoms with E-state index in [-0.39, 0.29) is 36.6 Å². The highest BCUT2D eigenvalue weighted by Crippen LogP contribution is 2.42. The maximum Gasteiger partial charge on any atom is 0.305 e. The summed E-state index contributed by atoms with van der Waals surface area (Å²) in [5.41, 5.74) is 5.18. The molecule has 2 aliphatic carbocycles. The summed E-state index contributed by atoms with van der Waals surface area (Å²) >= 11 is 3.53. The van der Waals surface area contributed by atoms with Crippen molar-refractivity contribution in [2.45, 2.75) is 90.5 Å². The van der Waals surface area contributed by atoms with E-state index in [0.29, 0.717) is 30.5 Å². The highest BCUT2D eigenvalue weighted by atomic mass is 32.2. The SMILES string of the molecule is CSCCOc1ccc2oc(C(=O)C3CCCCC3)c(C)c2c1.CSCCOc1ccc2oc(C(Nc3ccc(C(=O)N(C)CCC(=O)O)cc3)C3CCCCC3)c(C)c2c1. The van der Waals surface area contributed by atoms with Gasteiger partial charge in [0.15, 0.2) is 5.76 Å². The average molecular weight is 871 g/mol. The van der Waals surface area contributed by atoms with Crippen LogP contribution in [0.5, 0.6) is 11.5 Å². The smallest absolute Gasteiger partial charge is 0.305 e. The minimum atomic E-state index is -0.918. The van der Waals surface area contributed by atoms with E-state index in [1.165, 1.54) is 30.6 Å².